The molecule has 24 heavy (non-hydrogen) atoms. The van der Waals surface area contributed by atoms with Crippen LogP contribution in [0.3, 0.4) is 0 Å². The predicted octanol–water partition coefficient (Wildman–Crippen LogP) is 3.03. The third kappa shape index (κ3) is 3.75. The third-order valence-corrected chi connectivity index (χ3v) is 3.56. The second-order valence-corrected chi connectivity index (χ2v) is 5.69. The molecule has 122 valence electrons. The Morgan fingerprint density at radius 2 is 1.88 bits per heavy atom. The maximum Gasteiger partial charge on any atom is 0.226 e. The minimum absolute atomic E-state index is 0.0916. The predicted molar refractivity (Wildman–Crippen MR) is 98.1 cm³/mol. The van der Waals surface area contributed by atoms with Crippen LogP contribution in [0.4, 0.5) is 5.69 Å². The summed E-state index contributed by atoms with van der Waals surface area (Å²) in [7, 11) is 0. The van der Waals surface area contributed by atoms with E-state index in [1.165, 1.54) is 0 Å². The van der Waals surface area contributed by atoms with E-state index in [1.54, 1.807) is 4.80 Å². The molecule has 2 N–H and O–H groups in total. The number of amides is 1. The number of para-hydroxylation sites is 1. The SMILES string of the molecule is CCCC(=O)NC(=S)Nc1ccc2nn(-c3ccccc3)nc2c1. The highest BCUT2D eigenvalue weighted by Crippen LogP contribution is 2.17. The summed E-state index contributed by atoms with van der Waals surface area (Å²) in [5, 5.41) is 14.9. The molecule has 1 aromatic heterocycles. The van der Waals surface area contributed by atoms with Crippen molar-refractivity contribution in [2.75, 3.05) is 5.32 Å². The van der Waals surface area contributed by atoms with Crippen molar-refractivity contribution in [3.05, 3.63) is 48.5 Å². The second kappa shape index (κ2) is 7.18. The van der Waals surface area contributed by atoms with E-state index in [9.17, 15) is 4.79 Å². The first-order valence-corrected chi connectivity index (χ1v) is 8.10. The van der Waals surface area contributed by atoms with Crippen molar-refractivity contribution >= 4 is 40.0 Å². The van der Waals surface area contributed by atoms with Gasteiger partial charge in [-0.1, -0.05) is 25.1 Å². The Kier molecular flexibility index (Phi) is 4.81. The lowest BCUT2D eigenvalue weighted by molar-refractivity contribution is -0.119. The lowest BCUT2D eigenvalue weighted by Gasteiger charge is -2.08. The van der Waals surface area contributed by atoms with E-state index in [-0.39, 0.29) is 11.0 Å². The number of rotatable bonds is 4. The summed E-state index contributed by atoms with van der Waals surface area (Å²) in [6.45, 7) is 1.94. The first-order chi connectivity index (χ1) is 11.7. The number of benzene rings is 2. The third-order valence-electron chi connectivity index (χ3n) is 3.36. The summed E-state index contributed by atoms with van der Waals surface area (Å²) in [5.41, 5.74) is 3.17. The van der Waals surface area contributed by atoms with Gasteiger partial charge in [0.05, 0.1) is 5.69 Å². The molecule has 3 rings (SSSR count). The largest absolute Gasteiger partial charge is 0.332 e. The first kappa shape index (κ1) is 16.1. The smallest absolute Gasteiger partial charge is 0.226 e. The van der Waals surface area contributed by atoms with Crippen molar-refractivity contribution in [2.45, 2.75) is 19.8 Å². The summed E-state index contributed by atoms with van der Waals surface area (Å²) >= 11 is 5.15. The average Bonchev–Trinajstić information content (AvgIpc) is 2.99. The number of nitrogens with zero attached hydrogens (tertiary/aromatic N) is 3. The van der Waals surface area contributed by atoms with Gasteiger partial charge >= 0.3 is 0 Å². The normalized spacial score (nSPS) is 10.5. The highest BCUT2D eigenvalue weighted by atomic mass is 32.1. The van der Waals surface area contributed by atoms with Gasteiger partial charge in [-0.3, -0.25) is 4.79 Å². The second-order valence-electron chi connectivity index (χ2n) is 5.28. The molecule has 1 heterocycles. The van der Waals surface area contributed by atoms with Crippen LogP contribution in [-0.2, 0) is 4.79 Å². The van der Waals surface area contributed by atoms with E-state index in [2.05, 4.69) is 20.8 Å². The average molecular weight is 339 g/mol. The fraction of sp³-hybridized carbons (Fsp3) is 0.176. The molecule has 2 aromatic carbocycles. The van der Waals surface area contributed by atoms with E-state index in [0.29, 0.717) is 6.42 Å². The van der Waals surface area contributed by atoms with Crippen molar-refractivity contribution in [3.8, 4) is 5.69 Å². The molecule has 0 aliphatic heterocycles. The van der Waals surface area contributed by atoms with E-state index < -0.39 is 0 Å². The molecule has 0 unspecified atom stereocenters. The molecule has 0 spiro atoms. The number of carbonyl (C=O) groups is 1. The molecule has 0 aliphatic carbocycles. The lowest BCUT2D eigenvalue weighted by Crippen LogP contribution is -2.33. The maximum absolute atomic E-state index is 11.6. The zero-order valence-electron chi connectivity index (χ0n) is 13.2. The van der Waals surface area contributed by atoms with Gasteiger partial charge in [-0.15, -0.1) is 10.2 Å². The maximum atomic E-state index is 11.6. The number of hydrogen-bond donors (Lipinski definition) is 2. The van der Waals surface area contributed by atoms with Gasteiger partial charge in [0.25, 0.3) is 0 Å². The number of carbonyl (C=O) groups excluding carboxylic acids is 1. The Bertz CT molecular complexity index is 875. The lowest BCUT2D eigenvalue weighted by atomic mass is 10.3. The standard InChI is InChI=1S/C17H17N5OS/c1-2-6-16(23)19-17(24)18-12-9-10-14-15(11-12)21-22(20-14)13-7-4-3-5-8-13/h3-5,7-11H,2,6H2,1H3,(H2,18,19,23,24). The summed E-state index contributed by atoms with van der Waals surface area (Å²) in [6, 6.07) is 15.3. The van der Waals surface area contributed by atoms with E-state index in [4.69, 9.17) is 12.2 Å². The van der Waals surface area contributed by atoms with Crippen LogP contribution in [0, 0.1) is 0 Å². The van der Waals surface area contributed by atoms with Crippen LogP contribution in [0.1, 0.15) is 19.8 Å². The van der Waals surface area contributed by atoms with Gasteiger partial charge in [0.1, 0.15) is 11.0 Å². The molecule has 0 saturated carbocycles. The topological polar surface area (TPSA) is 71.8 Å². The molecule has 7 heteroatoms. The van der Waals surface area contributed by atoms with Crippen LogP contribution in [0.25, 0.3) is 16.7 Å². The fourth-order valence-corrected chi connectivity index (χ4v) is 2.48. The first-order valence-electron chi connectivity index (χ1n) is 7.69. The van der Waals surface area contributed by atoms with Gasteiger partial charge in [-0.05, 0) is 49.0 Å². The van der Waals surface area contributed by atoms with Crippen LogP contribution in [0.2, 0.25) is 0 Å². The van der Waals surface area contributed by atoms with Crippen molar-refractivity contribution in [1.29, 1.82) is 0 Å². The Labute approximate surface area is 144 Å². The van der Waals surface area contributed by atoms with Crippen molar-refractivity contribution < 1.29 is 4.79 Å². The zero-order valence-corrected chi connectivity index (χ0v) is 14.0. The quantitative estimate of drug-likeness (QED) is 0.715. The van der Waals surface area contributed by atoms with Gasteiger partial charge in [0, 0.05) is 12.1 Å². The molecule has 0 radical (unpaired) electrons. The summed E-state index contributed by atoms with van der Waals surface area (Å²) in [4.78, 5) is 13.1. The highest BCUT2D eigenvalue weighted by molar-refractivity contribution is 7.80. The molecule has 0 saturated heterocycles. The van der Waals surface area contributed by atoms with E-state index in [1.807, 2.05) is 55.5 Å². The minimum Gasteiger partial charge on any atom is -0.332 e. The molecule has 0 aliphatic rings. The van der Waals surface area contributed by atoms with Crippen LogP contribution in [-0.4, -0.2) is 26.0 Å². The highest BCUT2D eigenvalue weighted by Gasteiger charge is 2.07. The Hall–Kier alpha value is -2.80. The van der Waals surface area contributed by atoms with Gasteiger partial charge in [0.2, 0.25) is 5.91 Å². The molecular weight excluding hydrogens is 322 g/mol. The van der Waals surface area contributed by atoms with Gasteiger partial charge in [-0.25, -0.2) is 0 Å². The molecule has 0 bridgehead atoms. The molecule has 0 fully saturated rings. The number of anilines is 1. The van der Waals surface area contributed by atoms with Crippen molar-refractivity contribution in [3.63, 3.8) is 0 Å². The molecule has 3 aromatic rings. The van der Waals surface area contributed by atoms with Crippen molar-refractivity contribution in [1.82, 2.24) is 20.3 Å². The van der Waals surface area contributed by atoms with Crippen LogP contribution in [0.5, 0.6) is 0 Å². The van der Waals surface area contributed by atoms with E-state index >= 15 is 0 Å². The monoisotopic (exact) mass is 339 g/mol. The van der Waals surface area contributed by atoms with Gasteiger partial charge < -0.3 is 10.6 Å². The van der Waals surface area contributed by atoms with Crippen molar-refractivity contribution in [2.24, 2.45) is 0 Å². The number of thiocarbonyl (C=S) groups is 1. The van der Waals surface area contributed by atoms with E-state index in [0.717, 1.165) is 28.8 Å². The number of hydrogen-bond acceptors (Lipinski definition) is 4. The van der Waals surface area contributed by atoms with Crippen LogP contribution < -0.4 is 10.6 Å². The number of fused-ring (bicyclic) bond motifs is 1. The summed E-state index contributed by atoms with van der Waals surface area (Å²) in [5.74, 6) is -0.0916. The number of nitrogens with one attached hydrogen (secondary N) is 2. The molecule has 0 atom stereocenters. The summed E-state index contributed by atoms with van der Waals surface area (Å²) in [6.07, 6.45) is 1.23. The van der Waals surface area contributed by atoms with Gasteiger partial charge in [0.15, 0.2) is 5.11 Å². The summed E-state index contributed by atoms with van der Waals surface area (Å²) < 4.78 is 0. The molecular formula is C17H17N5OS. The van der Waals surface area contributed by atoms with Gasteiger partial charge in [-0.2, -0.15) is 4.80 Å². The Morgan fingerprint density at radius 3 is 2.62 bits per heavy atom. The molecule has 1 amide bonds. The zero-order chi connectivity index (χ0) is 16.9. The Morgan fingerprint density at radius 1 is 1.12 bits per heavy atom. The fourth-order valence-electron chi connectivity index (χ4n) is 2.25. The minimum atomic E-state index is -0.0916. The van der Waals surface area contributed by atoms with Crippen LogP contribution >= 0.6 is 12.2 Å². The number of aromatic nitrogens is 3. The Balaban J connectivity index is 1.76. The molecule has 6 nitrogen and oxygen atoms in total. The van der Waals surface area contributed by atoms with Crippen LogP contribution in [0.15, 0.2) is 48.5 Å².